The third kappa shape index (κ3) is 8.88. The molecule has 4 bridgehead atoms. The van der Waals surface area contributed by atoms with Gasteiger partial charge in [-0.1, -0.05) is 35.4 Å². The maximum absolute atomic E-state index is 13.4. The number of aryl methyl sites for hydroxylation is 2. The number of carbonyl (C=O) groups excluding carboxylic acids is 1. The van der Waals surface area contributed by atoms with Crippen molar-refractivity contribution in [1.29, 1.82) is 0 Å². The van der Waals surface area contributed by atoms with E-state index in [9.17, 15) is 21.6 Å². The molecule has 4 aliphatic heterocycles. The van der Waals surface area contributed by atoms with Crippen molar-refractivity contribution in [2.45, 2.75) is 111 Å². The molecule has 4 saturated heterocycles. The van der Waals surface area contributed by atoms with Crippen LogP contribution >= 0.6 is 0 Å². The van der Waals surface area contributed by atoms with E-state index in [0.717, 1.165) is 70.6 Å². The molecular formula is C43H50N2O9S2. The van der Waals surface area contributed by atoms with Crippen LogP contribution in [0.4, 0.5) is 0 Å². The van der Waals surface area contributed by atoms with E-state index in [4.69, 9.17) is 18.6 Å². The van der Waals surface area contributed by atoms with Gasteiger partial charge in [0.25, 0.3) is 20.2 Å². The lowest BCUT2D eigenvalue weighted by molar-refractivity contribution is 0.0660. The zero-order valence-corrected chi connectivity index (χ0v) is 33.8. The summed E-state index contributed by atoms with van der Waals surface area (Å²) in [7, 11) is -3.54. The Morgan fingerprint density at radius 2 is 0.839 bits per heavy atom. The molecule has 5 aliphatic rings. The van der Waals surface area contributed by atoms with Gasteiger partial charge in [-0.3, -0.25) is 13.9 Å². The first-order chi connectivity index (χ1) is 26.5. The van der Waals surface area contributed by atoms with E-state index in [0.29, 0.717) is 24.2 Å². The fraction of sp³-hybridized carbons (Fsp3) is 0.419. The fourth-order valence-electron chi connectivity index (χ4n) is 8.90. The van der Waals surface area contributed by atoms with Gasteiger partial charge in [-0.2, -0.15) is 16.8 Å². The monoisotopic (exact) mass is 802 g/mol. The van der Waals surface area contributed by atoms with Gasteiger partial charge in [0.1, 0.15) is 23.7 Å². The summed E-state index contributed by atoms with van der Waals surface area (Å²) in [6.45, 7) is 3.68. The van der Waals surface area contributed by atoms with Crippen LogP contribution in [0.5, 0.6) is 11.5 Å². The minimum atomic E-state index is -4.02. The molecule has 9 rings (SSSR count). The number of ketones is 1. The molecule has 11 nitrogen and oxygen atoms in total. The second-order valence-corrected chi connectivity index (χ2v) is 18.7. The molecule has 56 heavy (non-hydrogen) atoms. The molecule has 0 saturated carbocycles. The van der Waals surface area contributed by atoms with Crippen molar-refractivity contribution in [2.24, 2.45) is 0 Å². The predicted octanol–water partition coefficient (Wildman–Crippen LogP) is 7.39. The average Bonchev–Trinajstić information content (AvgIpc) is 3.60. The molecule has 0 aromatic heterocycles. The summed E-state index contributed by atoms with van der Waals surface area (Å²) in [5, 5.41) is 0. The maximum atomic E-state index is 13.4. The van der Waals surface area contributed by atoms with Crippen LogP contribution in [-0.2, 0) is 20.2 Å². The Bertz CT molecular complexity index is 2110. The quantitative estimate of drug-likeness (QED) is 0.166. The smallest absolute Gasteiger partial charge is 0.294 e. The van der Waals surface area contributed by atoms with Crippen molar-refractivity contribution in [3.8, 4) is 22.6 Å². The summed E-state index contributed by atoms with van der Waals surface area (Å²) < 4.78 is 71.9. The van der Waals surface area contributed by atoms with Gasteiger partial charge in [0, 0.05) is 35.3 Å². The van der Waals surface area contributed by atoms with Gasteiger partial charge in [0.2, 0.25) is 0 Å². The number of fused-ring (bicyclic) bond motifs is 7. The van der Waals surface area contributed by atoms with Crippen molar-refractivity contribution >= 4 is 26.0 Å². The lowest BCUT2D eigenvalue weighted by Gasteiger charge is -2.36. The minimum absolute atomic E-state index is 0.0666. The topological polar surface area (TPSA) is 151 Å². The number of rotatable bonds is 6. The number of piperidine rings is 2. The molecule has 13 heteroatoms. The number of nitrogens with zero attached hydrogens (tertiary/aromatic N) is 2. The Balaban J connectivity index is 0.000000179. The maximum Gasteiger partial charge on any atom is 0.294 e. The summed E-state index contributed by atoms with van der Waals surface area (Å²) in [5.41, 5.74) is 5.46. The standard InChI is InChI=1S/C29H34N2O3.2C7H8O3S/c1-30-17-3-4-18(30)12-23(11-17)33-21-7-9-25-26-10-8-22(16-28(26)29(32)27(25)15-21)34-24-13-19-5-6-20(14-24)31(19)2;2*1-6-2-4-7(5-3-6)11(8,9)10/h7-10,15-20,23-24H,3-6,11-14H2,1-2H3;2*2-5H,1H3,(H,8,9,10). The predicted molar refractivity (Wildman–Crippen MR) is 214 cm³/mol. The van der Waals surface area contributed by atoms with Crippen molar-refractivity contribution < 1.29 is 40.2 Å². The Morgan fingerprint density at radius 3 is 1.14 bits per heavy atom. The molecule has 0 radical (unpaired) electrons. The van der Waals surface area contributed by atoms with Gasteiger partial charge < -0.3 is 19.3 Å². The summed E-state index contributed by atoms with van der Waals surface area (Å²) in [6, 6.07) is 26.7. The molecule has 4 atom stereocenters. The van der Waals surface area contributed by atoms with E-state index >= 15 is 0 Å². The first kappa shape index (κ1) is 40.1. The van der Waals surface area contributed by atoms with Crippen molar-refractivity contribution in [3.63, 3.8) is 0 Å². The Kier molecular flexibility index (Phi) is 11.5. The van der Waals surface area contributed by atoms with Crippen LogP contribution in [0.25, 0.3) is 11.1 Å². The largest absolute Gasteiger partial charge is 0.490 e. The zero-order valence-electron chi connectivity index (χ0n) is 32.2. The molecule has 4 heterocycles. The summed E-state index contributed by atoms with van der Waals surface area (Å²) >= 11 is 0. The van der Waals surface area contributed by atoms with Crippen molar-refractivity contribution in [2.75, 3.05) is 14.1 Å². The van der Waals surface area contributed by atoms with Crippen LogP contribution in [0.2, 0.25) is 0 Å². The normalized spacial score (nSPS) is 25.3. The van der Waals surface area contributed by atoms with E-state index in [1.54, 1.807) is 24.3 Å². The summed E-state index contributed by atoms with van der Waals surface area (Å²) in [6.07, 6.45) is 9.94. The van der Waals surface area contributed by atoms with Gasteiger partial charge in [-0.15, -0.1) is 0 Å². The lowest BCUT2D eigenvalue weighted by atomic mass is 10.00. The molecule has 2 N–H and O–H groups in total. The Hall–Kier alpha value is -4.11. The third-order valence-corrected chi connectivity index (χ3v) is 13.9. The second-order valence-electron chi connectivity index (χ2n) is 15.8. The van der Waals surface area contributed by atoms with Crippen LogP contribution < -0.4 is 9.47 Å². The average molecular weight is 803 g/mol. The molecule has 4 unspecified atom stereocenters. The Labute approximate surface area is 330 Å². The molecule has 4 aromatic rings. The molecule has 4 aromatic carbocycles. The van der Waals surface area contributed by atoms with Gasteiger partial charge in [-0.25, -0.2) is 0 Å². The lowest BCUT2D eigenvalue weighted by Crippen LogP contribution is -2.43. The fourth-order valence-corrected chi connectivity index (χ4v) is 9.86. The first-order valence-corrected chi connectivity index (χ1v) is 22.1. The molecule has 0 amide bonds. The van der Waals surface area contributed by atoms with E-state index in [1.807, 2.05) is 38.1 Å². The molecule has 298 valence electrons. The highest BCUT2D eigenvalue weighted by molar-refractivity contribution is 7.86. The number of hydrogen-bond donors (Lipinski definition) is 2. The highest BCUT2D eigenvalue weighted by Crippen LogP contribution is 2.42. The highest BCUT2D eigenvalue weighted by Gasteiger charge is 2.41. The number of benzene rings is 4. The minimum Gasteiger partial charge on any atom is -0.490 e. The van der Waals surface area contributed by atoms with E-state index in [1.165, 1.54) is 49.9 Å². The van der Waals surface area contributed by atoms with E-state index in [2.05, 4.69) is 36.0 Å². The second kappa shape index (κ2) is 16.0. The van der Waals surface area contributed by atoms with Crippen LogP contribution in [0.1, 0.15) is 78.4 Å². The SMILES string of the molecule is CN1C2CCC1CC(Oc1ccc3c(c1)C(=O)c1cc(OC4CC5CCC(C4)N5C)ccc1-3)C2.Cc1ccc(S(=O)(=O)O)cc1.Cc1ccc(S(=O)(=O)O)cc1. The van der Waals surface area contributed by atoms with E-state index in [-0.39, 0.29) is 27.8 Å². The molecule has 4 fully saturated rings. The first-order valence-electron chi connectivity index (χ1n) is 19.2. The van der Waals surface area contributed by atoms with Crippen LogP contribution in [0.3, 0.4) is 0 Å². The number of hydrogen-bond acceptors (Lipinski definition) is 9. The van der Waals surface area contributed by atoms with Gasteiger partial charge in [0.15, 0.2) is 5.78 Å². The van der Waals surface area contributed by atoms with Gasteiger partial charge >= 0.3 is 0 Å². The summed E-state index contributed by atoms with van der Waals surface area (Å²) in [5.74, 6) is 1.74. The van der Waals surface area contributed by atoms with E-state index < -0.39 is 20.2 Å². The van der Waals surface area contributed by atoms with Crippen LogP contribution in [0, 0.1) is 13.8 Å². The van der Waals surface area contributed by atoms with Crippen molar-refractivity contribution in [3.05, 3.63) is 107 Å². The third-order valence-electron chi connectivity index (χ3n) is 12.1. The summed E-state index contributed by atoms with van der Waals surface area (Å²) in [4.78, 5) is 18.3. The highest BCUT2D eigenvalue weighted by atomic mass is 32.2. The van der Waals surface area contributed by atoms with Crippen LogP contribution in [-0.4, -0.2) is 92.0 Å². The zero-order chi connectivity index (χ0) is 39.9. The van der Waals surface area contributed by atoms with Crippen LogP contribution in [0.15, 0.2) is 94.7 Å². The molecule has 1 aliphatic carbocycles. The van der Waals surface area contributed by atoms with Crippen molar-refractivity contribution in [1.82, 2.24) is 9.80 Å². The number of carbonyl (C=O) groups is 1. The molecule has 0 spiro atoms. The van der Waals surface area contributed by atoms with Gasteiger partial charge in [0.05, 0.1) is 9.79 Å². The number of ether oxygens (including phenoxy) is 2. The van der Waals surface area contributed by atoms with Gasteiger partial charge in [-0.05, 0) is 151 Å². The molecular weight excluding hydrogens is 753 g/mol. The Morgan fingerprint density at radius 1 is 0.518 bits per heavy atom.